The van der Waals surface area contributed by atoms with Gasteiger partial charge in [-0.3, -0.25) is 14.5 Å². The van der Waals surface area contributed by atoms with E-state index < -0.39 is 17.7 Å². The molecule has 23 heavy (non-hydrogen) atoms. The maximum absolute atomic E-state index is 12.5. The summed E-state index contributed by atoms with van der Waals surface area (Å²) in [5.74, 6) is -1.05. The maximum Gasteiger partial charge on any atom is 0.294 e. The summed E-state index contributed by atoms with van der Waals surface area (Å²) in [4.78, 5) is 26.1. The molecule has 0 saturated heterocycles. The Bertz CT molecular complexity index is 777. The van der Waals surface area contributed by atoms with Crippen LogP contribution in [0.5, 0.6) is 0 Å². The topological polar surface area (TPSA) is 70.8 Å². The first-order valence-corrected chi connectivity index (χ1v) is 7.51. The van der Waals surface area contributed by atoms with E-state index in [1.54, 1.807) is 43.3 Å². The number of rotatable bonds is 4. The van der Waals surface area contributed by atoms with E-state index in [9.17, 15) is 14.7 Å². The van der Waals surface area contributed by atoms with Gasteiger partial charge in [-0.05, 0) is 36.4 Å². The molecule has 2 heterocycles. The number of Topliss-reactive ketones (excluding diaryl/α,β-unsaturated/α-hetero) is 1. The molecule has 1 N–H and O–H groups in total. The Kier molecular flexibility index (Phi) is 3.96. The SMILES string of the molecule is CCC(=O)C1=C(O)C(=O)N(c2ccc(Cl)cc2)C1c1ccco1. The normalized spacial score (nSPS) is 17.9. The molecule has 1 aromatic carbocycles. The molecule has 1 amide bonds. The van der Waals surface area contributed by atoms with Gasteiger partial charge < -0.3 is 9.52 Å². The minimum atomic E-state index is -0.786. The molecule has 1 unspecified atom stereocenters. The van der Waals surface area contributed by atoms with Gasteiger partial charge in [-0.25, -0.2) is 0 Å². The molecule has 0 radical (unpaired) electrons. The summed E-state index contributed by atoms with van der Waals surface area (Å²) < 4.78 is 5.40. The van der Waals surface area contributed by atoms with Crippen LogP contribution < -0.4 is 4.90 Å². The smallest absolute Gasteiger partial charge is 0.294 e. The van der Waals surface area contributed by atoms with Crippen molar-refractivity contribution in [1.29, 1.82) is 0 Å². The van der Waals surface area contributed by atoms with Gasteiger partial charge in [0.05, 0.1) is 11.8 Å². The highest BCUT2D eigenvalue weighted by Crippen LogP contribution is 2.41. The van der Waals surface area contributed by atoms with Crippen LogP contribution in [0.2, 0.25) is 5.02 Å². The average molecular weight is 332 g/mol. The molecule has 0 aliphatic carbocycles. The quantitative estimate of drug-likeness (QED) is 0.924. The Morgan fingerprint density at radius 2 is 2.00 bits per heavy atom. The van der Waals surface area contributed by atoms with Crippen molar-refractivity contribution < 1.29 is 19.1 Å². The second-order valence-electron chi connectivity index (χ2n) is 5.11. The second kappa shape index (κ2) is 5.93. The van der Waals surface area contributed by atoms with Crippen LogP contribution in [0.1, 0.15) is 25.1 Å². The number of aliphatic hydroxyl groups is 1. The highest BCUT2D eigenvalue weighted by atomic mass is 35.5. The molecule has 1 aliphatic heterocycles. The summed E-state index contributed by atoms with van der Waals surface area (Å²) in [5, 5.41) is 10.7. The first-order valence-electron chi connectivity index (χ1n) is 7.13. The van der Waals surface area contributed by atoms with E-state index in [-0.39, 0.29) is 17.8 Å². The van der Waals surface area contributed by atoms with Crippen LogP contribution in [0.4, 0.5) is 5.69 Å². The fourth-order valence-electron chi connectivity index (χ4n) is 2.66. The molecule has 3 rings (SSSR count). The molecular weight excluding hydrogens is 318 g/mol. The molecule has 5 nitrogen and oxygen atoms in total. The summed E-state index contributed by atoms with van der Waals surface area (Å²) >= 11 is 5.89. The highest BCUT2D eigenvalue weighted by Gasteiger charge is 2.45. The van der Waals surface area contributed by atoms with Gasteiger partial charge in [0, 0.05) is 17.1 Å². The van der Waals surface area contributed by atoms with Gasteiger partial charge in [0.25, 0.3) is 5.91 Å². The maximum atomic E-state index is 12.5. The molecule has 1 atom stereocenters. The summed E-state index contributed by atoms with van der Waals surface area (Å²) in [6.45, 7) is 1.68. The number of aliphatic hydroxyl groups excluding tert-OH is 1. The van der Waals surface area contributed by atoms with Crippen molar-refractivity contribution in [3.63, 3.8) is 0 Å². The second-order valence-corrected chi connectivity index (χ2v) is 5.54. The van der Waals surface area contributed by atoms with Gasteiger partial charge >= 0.3 is 0 Å². The largest absolute Gasteiger partial charge is 0.503 e. The minimum Gasteiger partial charge on any atom is -0.503 e. The minimum absolute atomic E-state index is 0.0578. The van der Waals surface area contributed by atoms with Crippen LogP contribution in [0, 0.1) is 0 Å². The number of hydrogen-bond donors (Lipinski definition) is 1. The third-order valence-electron chi connectivity index (χ3n) is 3.75. The molecule has 0 bridgehead atoms. The van der Waals surface area contributed by atoms with Crippen molar-refractivity contribution >= 4 is 29.0 Å². The lowest BCUT2D eigenvalue weighted by Gasteiger charge is -2.24. The molecule has 1 aromatic heterocycles. The zero-order valence-corrected chi connectivity index (χ0v) is 13.1. The van der Waals surface area contributed by atoms with Crippen LogP contribution >= 0.6 is 11.6 Å². The lowest BCUT2D eigenvalue weighted by molar-refractivity contribution is -0.118. The van der Waals surface area contributed by atoms with Gasteiger partial charge in [-0.15, -0.1) is 0 Å². The third-order valence-corrected chi connectivity index (χ3v) is 4.00. The number of carbonyl (C=O) groups is 2. The molecule has 1 aliphatic rings. The van der Waals surface area contributed by atoms with E-state index in [0.29, 0.717) is 16.5 Å². The van der Waals surface area contributed by atoms with E-state index >= 15 is 0 Å². The average Bonchev–Trinajstić information content (AvgIpc) is 3.16. The molecule has 6 heteroatoms. The summed E-state index contributed by atoms with van der Waals surface area (Å²) in [6, 6.07) is 9.14. The predicted molar refractivity (Wildman–Crippen MR) is 85.3 cm³/mol. The monoisotopic (exact) mass is 331 g/mol. The summed E-state index contributed by atoms with van der Waals surface area (Å²) in [7, 11) is 0. The number of benzene rings is 1. The van der Waals surface area contributed by atoms with Crippen LogP contribution in [-0.2, 0) is 9.59 Å². The van der Waals surface area contributed by atoms with E-state index in [1.165, 1.54) is 11.2 Å². The Labute approximate surface area is 137 Å². The zero-order valence-electron chi connectivity index (χ0n) is 12.3. The van der Waals surface area contributed by atoms with E-state index in [4.69, 9.17) is 16.0 Å². The van der Waals surface area contributed by atoms with Crippen LogP contribution in [0.15, 0.2) is 58.4 Å². The molecular formula is C17H14ClNO4. The van der Waals surface area contributed by atoms with Gasteiger partial charge in [-0.1, -0.05) is 18.5 Å². The van der Waals surface area contributed by atoms with Crippen molar-refractivity contribution in [2.24, 2.45) is 0 Å². The number of carbonyl (C=O) groups excluding carboxylic acids is 2. The number of hydrogen-bond acceptors (Lipinski definition) is 4. The Morgan fingerprint density at radius 1 is 1.30 bits per heavy atom. The van der Waals surface area contributed by atoms with Crippen molar-refractivity contribution in [2.45, 2.75) is 19.4 Å². The lowest BCUT2D eigenvalue weighted by atomic mass is 9.99. The number of nitrogens with zero attached hydrogens (tertiary/aromatic N) is 1. The van der Waals surface area contributed by atoms with E-state index in [0.717, 1.165) is 0 Å². The molecule has 0 fully saturated rings. The number of halogens is 1. The van der Waals surface area contributed by atoms with Crippen molar-refractivity contribution in [1.82, 2.24) is 0 Å². The zero-order chi connectivity index (χ0) is 16.6. The Morgan fingerprint density at radius 3 is 2.57 bits per heavy atom. The lowest BCUT2D eigenvalue weighted by Crippen LogP contribution is -2.30. The molecule has 0 spiro atoms. The molecule has 2 aromatic rings. The Balaban J connectivity index is 2.14. The number of furan rings is 1. The first kappa shape index (κ1) is 15.4. The van der Waals surface area contributed by atoms with E-state index in [2.05, 4.69) is 0 Å². The molecule has 0 saturated carbocycles. The number of amides is 1. The highest BCUT2D eigenvalue weighted by molar-refractivity contribution is 6.30. The summed E-state index contributed by atoms with van der Waals surface area (Å²) in [5.41, 5.74) is 0.577. The summed E-state index contributed by atoms with van der Waals surface area (Å²) in [6.07, 6.45) is 1.64. The van der Waals surface area contributed by atoms with Crippen molar-refractivity contribution in [3.05, 3.63) is 64.8 Å². The van der Waals surface area contributed by atoms with E-state index in [1.807, 2.05) is 0 Å². The van der Waals surface area contributed by atoms with Crippen LogP contribution in [-0.4, -0.2) is 16.8 Å². The van der Waals surface area contributed by atoms with Crippen molar-refractivity contribution in [2.75, 3.05) is 4.90 Å². The van der Waals surface area contributed by atoms with Gasteiger partial charge in [-0.2, -0.15) is 0 Å². The predicted octanol–water partition coefficient (Wildman–Crippen LogP) is 3.81. The van der Waals surface area contributed by atoms with Gasteiger partial charge in [0.2, 0.25) is 0 Å². The van der Waals surface area contributed by atoms with Crippen molar-refractivity contribution in [3.8, 4) is 0 Å². The van der Waals surface area contributed by atoms with Crippen LogP contribution in [0.25, 0.3) is 0 Å². The van der Waals surface area contributed by atoms with Crippen LogP contribution in [0.3, 0.4) is 0 Å². The van der Waals surface area contributed by atoms with Gasteiger partial charge in [0.1, 0.15) is 11.8 Å². The molecule has 118 valence electrons. The fourth-order valence-corrected chi connectivity index (χ4v) is 2.79. The first-order chi connectivity index (χ1) is 11.0. The van der Waals surface area contributed by atoms with Gasteiger partial charge in [0.15, 0.2) is 11.5 Å². The third kappa shape index (κ3) is 2.53. The Hall–Kier alpha value is -2.53. The standard InChI is InChI=1S/C17H14ClNO4/c1-2-12(20)14-15(13-4-3-9-23-13)19(17(22)16(14)21)11-7-5-10(18)6-8-11/h3-9,15,21H,2H2,1H3. The fraction of sp³-hybridized carbons (Fsp3) is 0.176. The number of anilines is 1. The number of ketones is 1.